The molecule has 3 atom stereocenters. The maximum absolute atomic E-state index is 14.4. The van der Waals surface area contributed by atoms with Gasteiger partial charge in [-0.2, -0.15) is 0 Å². The first-order valence-electron chi connectivity index (χ1n) is 11.9. The first-order chi connectivity index (χ1) is 18.4. The number of ketones is 1. The summed E-state index contributed by atoms with van der Waals surface area (Å²) in [5, 5.41) is 1.83. The Labute approximate surface area is 223 Å². The van der Waals surface area contributed by atoms with E-state index in [2.05, 4.69) is 0 Å². The van der Waals surface area contributed by atoms with Crippen LogP contribution in [0.4, 0.5) is 10.1 Å². The molecule has 2 aromatic carbocycles. The average Bonchev–Trinajstić information content (AvgIpc) is 3.46. The maximum atomic E-state index is 14.4. The van der Waals surface area contributed by atoms with Gasteiger partial charge in [0.1, 0.15) is 17.6 Å². The van der Waals surface area contributed by atoms with Gasteiger partial charge in [-0.1, -0.05) is 42.5 Å². The third-order valence-electron chi connectivity index (χ3n) is 7.02. The van der Waals surface area contributed by atoms with Crippen molar-refractivity contribution in [3.05, 3.63) is 111 Å². The van der Waals surface area contributed by atoms with Gasteiger partial charge >= 0.3 is 11.9 Å². The molecule has 38 heavy (non-hydrogen) atoms. The molecule has 2 heterocycles. The lowest BCUT2D eigenvalue weighted by molar-refractivity contribution is -0.150. The van der Waals surface area contributed by atoms with Gasteiger partial charge in [0.15, 0.2) is 5.78 Å². The van der Waals surface area contributed by atoms with Crippen molar-refractivity contribution in [1.29, 1.82) is 0 Å². The standard InChI is InChI=1S/C29H25FN2O5S/c1-36-28(34)22-19(16-8-4-3-5-9-16)15-20-23(26(22)33)24(21-12-7-13-38-21)25(29(35)37-2)27(31)32(20)18-11-6-10-17(30)14-18/h3-14,19,22,24H,15,31H2,1-2H3/t19-,22-,24+/m1/s1. The quantitative estimate of drug-likeness (QED) is 0.378. The first kappa shape index (κ1) is 25.4. The summed E-state index contributed by atoms with van der Waals surface area (Å²) in [7, 11) is 2.48. The number of carbonyl (C=O) groups is 3. The van der Waals surface area contributed by atoms with Crippen LogP contribution in [0, 0.1) is 11.7 Å². The van der Waals surface area contributed by atoms with E-state index in [1.54, 1.807) is 12.1 Å². The van der Waals surface area contributed by atoms with Gasteiger partial charge in [0.05, 0.1) is 31.4 Å². The third-order valence-corrected chi connectivity index (χ3v) is 7.96. The van der Waals surface area contributed by atoms with Gasteiger partial charge < -0.3 is 15.2 Å². The van der Waals surface area contributed by atoms with Crippen LogP contribution < -0.4 is 10.6 Å². The highest BCUT2D eigenvalue weighted by Gasteiger charge is 2.51. The molecule has 0 radical (unpaired) electrons. The Morgan fingerprint density at radius 2 is 1.79 bits per heavy atom. The number of methoxy groups -OCH3 is 2. The number of allylic oxidation sites excluding steroid dienone is 2. The fourth-order valence-electron chi connectivity index (χ4n) is 5.40. The molecule has 1 aromatic heterocycles. The summed E-state index contributed by atoms with van der Waals surface area (Å²) in [6.07, 6.45) is 0.221. The first-order valence-corrected chi connectivity index (χ1v) is 12.8. The largest absolute Gasteiger partial charge is 0.468 e. The zero-order chi connectivity index (χ0) is 27.0. The van der Waals surface area contributed by atoms with E-state index in [4.69, 9.17) is 15.2 Å². The highest BCUT2D eigenvalue weighted by molar-refractivity contribution is 7.10. The van der Waals surface area contributed by atoms with Crippen molar-refractivity contribution in [3.63, 3.8) is 0 Å². The number of nitrogens with two attached hydrogens (primary N) is 1. The molecule has 0 saturated carbocycles. The van der Waals surface area contributed by atoms with Crippen molar-refractivity contribution in [2.24, 2.45) is 11.7 Å². The summed E-state index contributed by atoms with van der Waals surface area (Å²) in [4.78, 5) is 42.9. The summed E-state index contributed by atoms with van der Waals surface area (Å²) in [5.41, 5.74) is 8.60. The van der Waals surface area contributed by atoms with Gasteiger partial charge in [-0.25, -0.2) is 9.18 Å². The molecule has 0 saturated heterocycles. The van der Waals surface area contributed by atoms with Gasteiger partial charge in [-0.15, -0.1) is 11.3 Å². The number of carbonyl (C=O) groups excluding carboxylic acids is 3. The zero-order valence-electron chi connectivity index (χ0n) is 20.7. The highest BCUT2D eigenvalue weighted by Crippen LogP contribution is 2.52. The Morgan fingerprint density at radius 1 is 1.03 bits per heavy atom. The number of nitrogens with zero attached hydrogens (tertiary/aromatic N) is 1. The minimum absolute atomic E-state index is 0.0377. The number of halogens is 1. The second-order valence-corrected chi connectivity index (χ2v) is 9.98. The SMILES string of the molecule is COC(=O)C1=C(N)N(c2cccc(F)c2)C2=C(C(=O)[C@H](C(=O)OC)[C@@H](c3ccccc3)C2)[C@@H]1c1cccs1. The summed E-state index contributed by atoms with van der Waals surface area (Å²) < 4.78 is 24.6. The minimum atomic E-state index is -1.14. The molecule has 3 aromatic rings. The van der Waals surface area contributed by atoms with Crippen molar-refractivity contribution in [3.8, 4) is 0 Å². The van der Waals surface area contributed by atoms with Crippen molar-refractivity contribution < 1.29 is 28.2 Å². The average molecular weight is 533 g/mol. The minimum Gasteiger partial charge on any atom is -0.468 e. The number of Topliss-reactive ketones (excluding diaryl/α,β-unsaturated/α-hetero) is 1. The van der Waals surface area contributed by atoms with Crippen LogP contribution >= 0.6 is 11.3 Å². The van der Waals surface area contributed by atoms with Gasteiger partial charge in [0.25, 0.3) is 0 Å². The molecule has 194 valence electrons. The molecule has 7 nitrogen and oxygen atoms in total. The molecular weight excluding hydrogens is 507 g/mol. The number of ether oxygens (including phenoxy) is 2. The molecule has 0 bridgehead atoms. The third kappa shape index (κ3) is 4.18. The predicted molar refractivity (Wildman–Crippen MR) is 141 cm³/mol. The Morgan fingerprint density at radius 3 is 2.42 bits per heavy atom. The van der Waals surface area contributed by atoms with Crippen LogP contribution in [0.2, 0.25) is 0 Å². The summed E-state index contributed by atoms with van der Waals surface area (Å²) in [6.45, 7) is 0. The van der Waals surface area contributed by atoms with Gasteiger partial charge in [-0.05, 0) is 41.6 Å². The highest BCUT2D eigenvalue weighted by atomic mass is 32.1. The Hall–Kier alpha value is -4.24. The van der Waals surface area contributed by atoms with E-state index in [9.17, 15) is 18.8 Å². The Kier molecular flexibility index (Phi) is 6.86. The van der Waals surface area contributed by atoms with E-state index in [0.29, 0.717) is 16.3 Å². The van der Waals surface area contributed by atoms with Gasteiger partial charge in [-0.3, -0.25) is 14.5 Å². The number of hydrogen-bond donors (Lipinski definition) is 1. The second-order valence-electron chi connectivity index (χ2n) is 9.00. The molecule has 5 rings (SSSR count). The van der Waals surface area contributed by atoms with E-state index in [-0.39, 0.29) is 23.4 Å². The van der Waals surface area contributed by atoms with Crippen LogP contribution in [0.3, 0.4) is 0 Å². The number of benzene rings is 2. The van der Waals surface area contributed by atoms with Crippen molar-refractivity contribution in [2.45, 2.75) is 18.3 Å². The topological polar surface area (TPSA) is 98.9 Å². The molecule has 2 aliphatic rings. The molecule has 0 spiro atoms. The molecule has 9 heteroatoms. The summed E-state index contributed by atoms with van der Waals surface area (Å²) >= 11 is 1.35. The van der Waals surface area contributed by atoms with E-state index in [0.717, 1.165) is 5.56 Å². The van der Waals surface area contributed by atoms with Gasteiger partial charge in [0, 0.05) is 22.1 Å². The molecular formula is C29H25FN2O5S. The molecule has 2 N–H and O–H groups in total. The van der Waals surface area contributed by atoms with Crippen molar-refractivity contribution >= 4 is 34.7 Å². The molecule has 0 unspecified atom stereocenters. The van der Waals surface area contributed by atoms with Crippen LogP contribution in [0.5, 0.6) is 0 Å². The Balaban J connectivity index is 1.82. The number of esters is 2. The Bertz CT molecular complexity index is 1470. The van der Waals surface area contributed by atoms with Crippen LogP contribution in [-0.4, -0.2) is 31.9 Å². The van der Waals surface area contributed by atoms with Crippen LogP contribution in [0.25, 0.3) is 0 Å². The van der Waals surface area contributed by atoms with Crippen LogP contribution in [0.15, 0.2) is 94.8 Å². The van der Waals surface area contributed by atoms with E-state index >= 15 is 0 Å². The fraction of sp³-hybridized carbons (Fsp3) is 0.207. The van der Waals surface area contributed by atoms with E-state index in [1.807, 2.05) is 41.8 Å². The van der Waals surface area contributed by atoms with E-state index < -0.39 is 41.3 Å². The normalized spacial score (nSPS) is 21.3. The molecule has 1 aliphatic carbocycles. The lowest BCUT2D eigenvalue weighted by Gasteiger charge is -2.43. The number of anilines is 1. The molecule has 0 amide bonds. The lowest BCUT2D eigenvalue weighted by Crippen LogP contribution is -2.46. The second kappa shape index (κ2) is 10.3. The zero-order valence-corrected chi connectivity index (χ0v) is 21.5. The monoisotopic (exact) mass is 532 g/mol. The molecule has 0 fully saturated rings. The number of thiophene rings is 1. The van der Waals surface area contributed by atoms with Crippen LogP contribution in [-0.2, 0) is 23.9 Å². The van der Waals surface area contributed by atoms with Crippen molar-refractivity contribution in [2.75, 3.05) is 19.1 Å². The molecule has 1 aliphatic heterocycles. The van der Waals surface area contributed by atoms with E-state index in [1.165, 1.54) is 48.7 Å². The smallest absolute Gasteiger partial charge is 0.338 e. The maximum Gasteiger partial charge on any atom is 0.338 e. The summed E-state index contributed by atoms with van der Waals surface area (Å²) in [5.74, 6) is -4.90. The van der Waals surface area contributed by atoms with Gasteiger partial charge in [0.2, 0.25) is 0 Å². The fourth-order valence-corrected chi connectivity index (χ4v) is 6.24. The number of hydrogen-bond acceptors (Lipinski definition) is 8. The van der Waals surface area contributed by atoms with Crippen molar-refractivity contribution in [1.82, 2.24) is 0 Å². The van der Waals surface area contributed by atoms with Crippen LogP contribution in [0.1, 0.15) is 28.7 Å². The predicted octanol–water partition coefficient (Wildman–Crippen LogP) is 4.63. The summed E-state index contributed by atoms with van der Waals surface area (Å²) in [6, 6.07) is 18.6. The number of rotatable bonds is 5. The lowest BCUT2D eigenvalue weighted by atomic mass is 9.68.